The maximum Gasteiger partial charge on any atom is 0.171 e. The van der Waals surface area contributed by atoms with Gasteiger partial charge < -0.3 is 9.99 Å². The number of nitrogen functional groups attached to an aromatic ring is 1. The fraction of sp³-hybridized carbons (Fsp3) is 0.125. The maximum absolute atomic E-state index is 5.29. The van der Waals surface area contributed by atoms with E-state index < -0.39 is 0 Å². The smallest absolute Gasteiger partial charge is 0.171 e. The molecule has 0 unspecified atom stereocenters. The predicted molar refractivity (Wildman–Crippen MR) is 53.3 cm³/mol. The number of hydrogen-bond acceptors (Lipinski definition) is 5. The molecular weight excluding hydrogens is 180 g/mol. The van der Waals surface area contributed by atoms with Gasteiger partial charge in [0, 0.05) is 6.54 Å². The van der Waals surface area contributed by atoms with Crippen molar-refractivity contribution in [1.82, 2.24) is 19.5 Å². The fourth-order valence-corrected chi connectivity index (χ4v) is 1.26. The highest BCUT2D eigenvalue weighted by Gasteiger charge is 2.07. The molecule has 0 aromatic carbocycles. The normalized spacial score (nSPS) is 10.4. The van der Waals surface area contributed by atoms with Crippen molar-refractivity contribution in [2.45, 2.75) is 6.54 Å². The number of anilines is 1. The summed E-state index contributed by atoms with van der Waals surface area (Å²) in [5.41, 5.74) is 3.88. The van der Waals surface area contributed by atoms with Crippen molar-refractivity contribution in [1.29, 1.82) is 0 Å². The number of aromatic nitrogens is 4. The Morgan fingerprint density at radius 2 is 2.36 bits per heavy atom. The summed E-state index contributed by atoms with van der Waals surface area (Å²) in [6.07, 6.45) is 4.90. The Kier molecular flexibility index (Phi) is 2.11. The van der Waals surface area contributed by atoms with E-state index in [1.807, 2.05) is 4.57 Å². The minimum Gasteiger partial charge on any atom is -0.311 e. The Balaban J connectivity index is 2.63. The standard InChI is InChI=1S/C8H10N6/c1-2-3-14-5-12-6-7(13-9)10-4-11-8(6)14/h2,4-5H,1,3,9H2,(H,10,11,13). The van der Waals surface area contributed by atoms with Crippen LogP contribution in [0.15, 0.2) is 25.3 Å². The summed E-state index contributed by atoms with van der Waals surface area (Å²) in [5, 5.41) is 0. The first kappa shape index (κ1) is 8.64. The van der Waals surface area contributed by atoms with Crippen molar-refractivity contribution in [2.24, 2.45) is 5.84 Å². The molecule has 2 rings (SSSR count). The van der Waals surface area contributed by atoms with Crippen molar-refractivity contribution in [3.05, 3.63) is 25.3 Å². The molecule has 0 aliphatic heterocycles. The SMILES string of the molecule is C=CCn1cnc2c(NN)ncnc21. The summed E-state index contributed by atoms with van der Waals surface area (Å²) in [6, 6.07) is 0. The zero-order valence-corrected chi connectivity index (χ0v) is 7.51. The Labute approximate surface area is 80.5 Å². The average molecular weight is 190 g/mol. The van der Waals surface area contributed by atoms with E-state index in [9.17, 15) is 0 Å². The minimum atomic E-state index is 0.526. The van der Waals surface area contributed by atoms with Gasteiger partial charge in [-0.05, 0) is 0 Å². The molecule has 6 nitrogen and oxygen atoms in total. The monoisotopic (exact) mass is 190 g/mol. The van der Waals surface area contributed by atoms with Crippen LogP contribution in [0.1, 0.15) is 0 Å². The first-order valence-corrected chi connectivity index (χ1v) is 4.10. The van der Waals surface area contributed by atoms with Crippen molar-refractivity contribution >= 4 is 17.0 Å². The van der Waals surface area contributed by atoms with Crippen LogP contribution in [0.3, 0.4) is 0 Å². The van der Waals surface area contributed by atoms with Gasteiger partial charge in [0.15, 0.2) is 17.0 Å². The number of rotatable bonds is 3. The Hall–Kier alpha value is -1.95. The fourth-order valence-electron chi connectivity index (χ4n) is 1.26. The van der Waals surface area contributed by atoms with Gasteiger partial charge >= 0.3 is 0 Å². The van der Waals surface area contributed by atoms with Gasteiger partial charge in [0.25, 0.3) is 0 Å². The summed E-state index contributed by atoms with van der Waals surface area (Å²) in [5.74, 6) is 5.82. The van der Waals surface area contributed by atoms with Gasteiger partial charge in [-0.3, -0.25) is 0 Å². The quantitative estimate of drug-likeness (QED) is 0.413. The van der Waals surface area contributed by atoms with Gasteiger partial charge in [0.2, 0.25) is 0 Å². The molecule has 0 atom stereocenters. The van der Waals surface area contributed by atoms with Gasteiger partial charge in [-0.25, -0.2) is 20.8 Å². The number of imidazole rings is 1. The lowest BCUT2D eigenvalue weighted by molar-refractivity contribution is 0.838. The van der Waals surface area contributed by atoms with E-state index in [-0.39, 0.29) is 0 Å². The summed E-state index contributed by atoms with van der Waals surface area (Å²) in [7, 11) is 0. The van der Waals surface area contributed by atoms with E-state index in [1.165, 1.54) is 6.33 Å². The van der Waals surface area contributed by atoms with Crippen molar-refractivity contribution in [3.63, 3.8) is 0 Å². The van der Waals surface area contributed by atoms with Gasteiger partial charge in [-0.15, -0.1) is 6.58 Å². The third-order valence-electron chi connectivity index (χ3n) is 1.86. The van der Waals surface area contributed by atoms with E-state index in [0.717, 1.165) is 5.65 Å². The molecule has 0 bridgehead atoms. The lowest BCUT2D eigenvalue weighted by Crippen LogP contribution is -2.09. The van der Waals surface area contributed by atoms with Crippen LogP contribution in [0, 0.1) is 0 Å². The minimum absolute atomic E-state index is 0.526. The molecule has 2 aromatic rings. The molecule has 0 saturated carbocycles. The van der Waals surface area contributed by atoms with Crippen LogP contribution in [0.25, 0.3) is 11.2 Å². The van der Waals surface area contributed by atoms with Crippen LogP contribution < -0.4 is 11.3 Å². The van der Waals surface area contributed by atoms with E-state index in [4.69, 9.17) is 5.84 Å². The third kappa shape index (κ3) is 1.21. The second kappa shape index (κ2) is 3.43. The number of nitrogens with zero attached hydrogens (tertiary/aromatic N) is 4. The van der Waals surface area contributed by atoms with Gasteiger partial charge in [0.1, 0.15) is 6.33 Å². The van der Waals surface area contributed by atoms with Crippen molar-refractivity contribution < 1.29 is 0 Å². The molecule has 3 N–H and O–H groups in total. The Morgan fingerprint density at radius 3 is 3.07 bits per heavy atom. The molecular formula is C8H10N6. The molecule has 0 saturated heterocycles. The van der Waals surface area contributed by atoms with Crippen LogP contribution in [-0.4, -0.2) is 19.5 Å². The number of nitrogens with two attached hydrogens (primary N) is 1. The number of allylic oxidation sites excluding steroid dienone is 1. The lowest BCUT2D eigenvalue weighted by atomic mass is 10.5. The van der Waals surface area contributed by atoms with Gasteiger partial charge in [-0.2, -0.15) is 0 Å². The molecule has 2 aromatic heterocycles. The van der Waals surface area contributed by atoms with E-state index in [2.05, 4.69) is 27.0 Å². The Morgan fingerprint density at radius 1 is 1.50 bits per heavy atom. The van der Waals surface area contributed by atoms with Crippen LogP contribution in [0.5, 0.6) is 0 Å². The highest BCUT2D eigenvalue weighted by molar-refractivity contribution is 5.82. The zero-order valence-electron chi connectivity index (χ0n) is 7.51. The van der Waals surface area contributed by atoms with Gasteiger partial charge in [0.05, 0.1) is 6.33 Å². The lowest BCUT2D eigenvalue weighted by Gasteiger charge is -2.00. The van der Waals surface area contributed by atoms with Crippen LogP contribution in [-0.2, 0) is 6.54 Å². The van der Waals surface area contributed by atoms with Gasteiger partial charge in [-0.1, -0.05) is 6.08 Å². The van der Waals surface area contributed by atoms with Crippen molar-refractivity contribution in [2.75, 3.05) is 5.43 Å². The number of hydrazine groups is 1. The van der Waals surface area contributed by atoms with E-state index >= 15 is 0 Å². The third-order valence-corrected chi connectivity index (χ3v) is 1.86. The summed E-state index contributed by atoms with van der Waals surface area (Å²) in [4.78, 5) is 12.2. The second-order valence-electron chi connectivity index (χ2n) is 2.72. The predicted octanol–water partition coefficient (Wildman–Crippen LogP) is 0.298. The molecule has 72 valence electrons. The first-order chi connectivity index (χ1) is 6.86. The molecule has 0 aliphatic carbocycles. The molecule has 0 fully saturated rings. The topological polar surface area (TPSA) is 81.7 Å². The summed E-state index contributed by atoms with van der Waals surface area (Å²) >= 11 is 0. The number of hydrogen-bond donors (Lipinski definition) is 2. The molecule has 0 spiro atoms. The van der Waals surface area contributed by atoms with Crippen LogP contribution in [0.4, 0.5) is 5.82 Å². The van der Waals surface area contributed by atoms with E-state index in [0.29, 0.717) is 17.9 Å². The Bertz CT molecular complexity index is 460. The summed E-state index contributed by atoms with van der Waals surface area (Å²) in [6.45, 7) is 4.32. The zero-order chi connectivity index (χ0) is 9.97. The molecule has 6 heteroatoms. The maximum atomic E-state index is 5.29. The first-order valence-electron chi connectivity index (χ1n) is 4.10. The largest absolute Gasteiger partial charge is 0.311 e. The molecule has 2 heterocycles. The van der Waals surface area contributed by atoms with Crippen LogP contribution in [0.2, 0.25) is 0 Å². The molecule has 14 heavy (non-hydrogen) atoms. The molecule has 0 radical (unpaired) electrons. The summed E-state index contributed by atoms with van der Waals surface area (Å²) < 4.78 is 1.87. The average Bonchev–Trinajstić information content (AvgIpc) is 2.62. The highest BCUT2D eigenvalue weighted by atomic mass is 15.3. The number of fused-ring (bicyclic) bond motifs is 1. The molecule has 0 aliphatic rings. The highest BCUT2D eigenvalue weighted by Crippen LogP contribution is 2.15. The van der Waals surface area contributed by atoms with Crippen LogP contribution >= 0.6 is 0 Å². The second-order valence-corrected chi connectivity index (χ2v) is 2.72. The number of nitrogens with one attached hydrogen (secondary N) is 1. The van der Waals surface area contributed by atoms with Crippen molar-refractivity contribution in [3.8, 4) is 0 Å². The van der Waals surface area contributed by atoms with E-state index in [1.54, 1.807) is 12.4 Å². The molecule has 0 amide bonds.